The number of halogens is 2. The summed E-state index contributed by atoms with van der Waals surface area (Å²) in [4.78, 5) is 0. The minimum Gasteiger partial charge on any atom is -0.390 e. The van der Waals surface area contributed by atoms with Gasteiger partial charge >= 0.3 is 0 Å². The zero-order valence-electron chi connectivity index (χ0n) is 7.63. The third-order valence-corrected chi connectivity index (χ3v) is 2.51. The summed E-state index contributed by atoms with van der Waals surface area (Å²) in [5.74, 6) is -1.08. The van der Waals surface area contributed by atoms with Gasteiger partial charge in [-0.25, -0.2) is 8.78 Å². The molecular weight excluding hydrogens is 190 g/mol. The van der Waals surface area contributed by atoms with E-state index in [0.29, 0.717) is 0 Å². The van der Waals surface area contributed by atoms with E-state index in [0.717, 1.165) is 18.2 Å². The summed E-state index contributed by atoms with van der Waals surface area (Å²) in [6.07, 6.45) is -0.848. The minimum absolute atomic E-state index is 0.0903. The van der Waals surface area contributed by atoms with E-state index in [1.807, 2.05) is 0 Å². The topological polar surface area (TPSA) is 32.8 Å². The molecule has 1 aliphatic heterocycles. The summed E-state index contributed by atoms with van der Waals surface area (Å²) in [6, 6.07) is 3.14. The Labute approximate surface area is 80.1 Å². The van der Waals surface area contributed by atoms with Gasteiger partial charge in [0.15, 0.2) is 0 Å². The van der Waals surface area contributed by atoms with Crippen LogP contribution in [-0.2, 0) is 10.3 Å². The van der Waals surface area contributed by atoms with Gasteiger partial charge in [-0.05, 0) is 25.1 Å². The predicted molar refractivity (Wildman–Crippen MR) is 45.7 cm³/mol. The lowest BCUT2D eigenvalue weighted by Gasteiger charge is -2.15. The van der Waals surface area contributed by atoms with Crippen LogP contribution in [-0.4, -0.2) is 17.8 Å². The quantitative estimate of drug-likeness (QED) is 0.735. The second kappa shape index (κ2) is 3.00. The van der Waals surface area contributed by atoms with Crippen LogP contribution in [0.25, 0.3) is 0 Å². The van der Waals surface area contributed by atoms with Gasteiger partial charge < -0.3 is 9.84 Å². The van der Waals surface area contributed by atoms with Crippen molar-refractivity contribution in [1.82, 2.24) is 0 Å². The van der Waals surface area contributed by atoms with Gasteiger partial charge in [0, 0.05) is 5.56 Å². The van der Waals surface area contributed by atoms with Crippen molar-refractivity contribution in [1.29, 1.82) is 0 Å². The molecule has 0 radical (unpaired) electrons. The second-order valence-electron chi connectivity index (χ2n) is 3.48. The summed E-state index contributed by atoms with van der Waals surface area (Å²) in [5, 5.41) is 9.40. The third kappa shape index (κ3) is 1.31. The SMILES string of the molecule is C[C@@H](O)[C@@]1(c2cc(F)ccc2F)CO1. The number of epoxide rings is 1. The van der Waals surface area contributed by atoms with E-state index in [4.69, 9.17) is 4.74 Å². The van der Waals surface area contributed by atoms with Crippen LogP contribution in [0.15, 0.2) is 18.2 Å². The van der Waals surface area contributed by atoms with Crippen molar-refractivity contribution in [2.45, 2.75) is 18.6 Å². The fourth-order valence-electron chi connectivity index (χ4n) is 1.52. The van der Waals surface area contributed by atoms with Crippen molar-refractivity contribution in [3.05, 3.63) is 35.4 Å². The first kappa shape index (κ1) is 9.55. The molecule has 2 nitrogen and oxygen atoms in total. The zero-order valence-corrected chi connectivity index (χ0v) is 7.63. The van der Waals surface area contributed by atoms with Gasteiger partial charge in [0.1, 0.15) is 17.2 Å². The van der Waals surface area contributed by atoms with Crippen LogP contribution < -0.4 is 0 Å². The Bertz CT molecular complexity index is 359. The molecule has 14 heavy (non-hydrogen) atoms. The molecule has 2 rings (SSSR count). The number of aliphatic hydroxyl groups excluding tert-OH is 1. The van der Waals surface area contributed by atoms with Crippen LogP contribution in [0.5, 0.6) is 0 Å². The highest BCUT2D eigenvalue weighted by molar-refractivity contribution is 5.30. The number of benzene rings is 1. The molecule has 2 atom stereocenters. The van der Waals surface area contributed by atoms with Crippen molar-refractivity contribution in [2.24, 2.45) is 0 Å². The molecule has 0 aliphatic carbocycles. The van der Waals surface area contributed by atoms with E-state index >= 15 is 0 Å². The number of ether oxygens (including phenoxy) is 1. The van der Waals surface area contributed by atoms with Gasteiger partial charge in [0.2, 0.25) is 0 Å². The normalized spacial score (nSPS) is 27.4. The fourth-order valence-corrected chi connectivity index (χ4v) is 1.52. The maximum atomic E-state index is 13.3. The maximum Gasteiger partial charge on any atom is 0.145 e. The summed E-state index contributed by atoms with van der Waals surface area (Å²) >= 11 is 0. The molecule has 0 amide bonds. The number of aliphatic hydroxyl groups is 1. The lowest BCUT2D eigenvalue weighted by atomic mass is 9.94. The van der Waals surface area contributed by atoms with E-state index in [9.17, 15) is 13.9 Å². The van der Waals surface area contributed by atoms with Crippen molar-refractivity contribution in [2.75, 3.05) is 6.61 Å². The summed E-state index contributed by atoms with van der Waals surface area (Å²) in [6.45, 7) is 1.72. The highest BCUT2D eigenvalue weighted by Gasteiger charge is 2.52. The monoisotopic (exact) mass is 200 g/mol. The molecule has 1 aromatic rings. The molecule has 4 heteroatoms. The molecular formula is C10H10F2O2. The Morgan fingerprint density at radius 3 is 2.64 bits per heavy atom. The van der Waals surface area contributed by atoms with Crippen molar-refractivity contribution < 1.29 is 18.6 Å². The van der Waals surface area contributed by atoms with Gasteiger partial charge in [-0.1, -0.05) is 0 Å². The molecule has 76 valence electrons. The highest BCUT2D eigenvalue weighted by atomic mass is 19.1. The van der Waals surface area contributed by atoms with Crippen LogP contribution in [0.2, 0.25) is 0 Å². The molecule has 0 saturated carbocycles. The van der Waals surface area contributed by atoms with E-state index in [2.05, 4.69) is 0 Å². The summed E-state index contributed by atoms with van der Waals surface area (Å²) in [7, 11) is 0. The van der Waals surface area contributed by atoms with Crippen molar-refractivity contribution in [3.8, 4) is 0 Å². The molecule has 0 bridgehead atoms. The summed E-state index contributed by atoms with van der Waals surface area (Å²) < 4.78 is 31.2. The lowest BCUT2D eigenvalue weighted by molar-refractivity contribution is 0.0861. The standard InChI is InChI=1S/C10H10F2O2/c1-6(13)10(5-14-10)8-4-7(11)2-3-9(8)12/h2-4,6,13H,5H2,1H3/t6-,10-/m1/s1. The van der Waals surface area contributed by atoms with E-state index < -0.39 is 23.3 Å². The highest BCUT2D eigenvalue weighted by Crippen LogP contribution is 2.43. The maximum absolute atomic E-state index is 13.3. The smallest absolute Gasteiger partial charge is 0.145 e. The fraction of sp³-hybridized carbons (Fsp3) is 0.400. The molecule has 0 spiro atoms. The van der Waals surface area contributed by atoms with Gasteiger partial charge in [-0.2, -0.15) is 0 Å². The van der Waals surface area contributed by atoms with Gasteiger partial charge in [0.25, 0.3) is 0 Å². The minimum atomic E-state index is -1.04. The Balaban J connectivity index is 2.46. The summed E-state index contributed by atoms with van der Waals surface area (Å²) in [5.41, 5.74) is -0.945. The van der Waals surface area contributed by atoms with E-state index in [-0.39, 0.29) is 12.2 Å². The van der Waals surface area contributed by atoms with E-state index in [1.54, 1.807) is 0 Å². The molecule has 1 aromatic carbocycles. The zero-order chi connectivity index (χ0) is 10.3. The van der Waals surface area contributed by atoms with Gasteiger partial charge in [-0.15, -0.1) is 0 Å². The van der Waals surface area contributed by atoms with Crippen molar-refractivity contribution >= 4 is 0 Å². The second-order valence-corrected chi connectivity index (χ2v) is 3.48. The Morgan fingerprint density at radius 2 is 2.14 bits per heavy atom. The Hall–Kier alpha value is -1.00. The number of hydrogen-bond donors (Lipinski definition) is 1. The number of hydrogen-bond acceptors (Lipinski definition) is 2. The molecule has 1 N–H and O–H groups in total. The predicted octanol–water partition coefficient (Wildman–Crippen LogP) is 1.57. The average Bonchev–Trinajstić information content (AvgIpc) is 2.90. The first-order valence-electron chi connectivity index (χ1n) is 4.34. The van der Waals surface area contributed by atoms with Gasteiger partial charge in [0.05, 0.1) is 12.7 Å². The average molecular weight is 200 g/mol. The molecule has 1 heterocycles. The molecule has 1 aliphatic rings. The Morgan fingerprint density at radius 1 is 1.50 bits per heavy atom. The first-order chi connectivity index (χ1) is 6.56. The van der Waals surface area contributed by atoms with Crippen LogP contribution in [0.1, 0.15) is 12.5 Å². The van der Waals surface area contributed by atoms with Crippen LogP contribution in [0.3, 0.4) is 0 Å². The number of rotatable bonds is 2. The van der Waals surface area contributed by atoms with Crippen LogP contribution in [0.4, 0.5) is 8.78 Å². The van der Waals surface area contributed by atoms with Crippen LogP contribution >= 0.6 is 0 Å². The Kier molecular flexibility index (Phi) is 2.05. The van der Waals surface area contributed by atoms with E-state index in [1.165, 1.54) is 6.92 Å². The van der Waals surface area contributed by atoms with Crippen LogP contribution in [0, 0.1) is 11.6 Å². The third-order valence-electron chi connectivity index (χ3n) is 2.51. The van der Waals surface area contributed by atoms with Crippen molar-refractivity contribution in [3.63, 3.8) is 0 Å². The molecule has 0 unspecified atom stereocenters. The largest absolute Gasteiger partial charge is 0.390 e. The molecule has 0 aromatic heterocycles. The lowest BCUT2D eigenvalue weighted by Crippen LogP contribution is -2.25. The molecule has 1 saturated heterocycles. The first-order valence-corrected chi connectivity index (χ1v) is 4.34. The van der Waals surface area contributed by atoms with Gasteiger partial charge in [-0.3, -0.25) is 0 Å². The molecule has 1 fully saturated rings.